The second kappa shape index (κ2) is 5.15. The minimum Gasteiger partial charge on any atom is -0.463 e. The summed E-state index contributed by atoms with van der Waals surface area (Å²) in [5.74, 6) is -2.80. The average molecular weight is 209 g/mol. The van der Waals surface area contributed by atoms with Gasteiger partial charge in [0, 0.05) is 14.1 Å². The van der Waals surface area contributed by atoms with Gasteiger partial charge >= 0.3 is 18.1 Å². The van der Waals surface area contributed by atoms with Crippen LogP contribution in [0, 0.1) is 0 Å². The molecule has 80 valence electrons. The molecule has 0 aromatic carbocycles. The summed E-state index contributed by atoms with van der Waals surface area (Å²) in [6.07, 6.45) is -3.50. The van der Waals surface area contributed by atoms with Crippen LogP contribution in [0.25, 0.3) is 0 Å². The molecule has 0 bridgehead atoms. The van der Waals surface area contributed by atoms with Gasteiger partial charge < -0.3 is 14.4 Å². The summed E-state index contributed by atoms with van der Waals surface area (Å²) in [4.78, 5) is 22.4. The van der Waals surface area contributed by atoms with Gasteiger partial charge in [0.15, 0.2) is 0 Å². The molecule has 0 saturated heterocycles. The molecule has 5 nitrogen and oxygen atoms in total. The zero-order valence-corrected chi connectivity index (χ0v) is 7.84. The van der Waals surface area contributed by atoms with Crippen LogP contribution >= 0.6 is 0 Å². The Morgan fingerprint density at radius 1 is 1.21 bits per heavy atom. The molecule has 0 rings (SSSR count). The van der Waals surface area contributed by atoms with Crippen LogP contribution in [0.1, 0.15) is 0 Å². The van der Waals surface area contributed by atoms with Crippen LogP contribution in [-0.2, 0) is 14.3 Å². The van der Waals surface area contributed by atoms with Gasteiger partial charge in [-0.15, -0.1) is 0 Å². The molecule has 0 aliphatic rings. The summed E-state index contributed by atoms with van der Waals surface area (Å²) in [6, 6.07) is 0. The van der Waals surface area contributed by atoms with Crippen molar-refractivity contribution < 1.29 is 27.8 Å². The third-order valence-corrected chi connectivity index (χ3v) is 1.10. The molecule has 0 aliphatic carbocycles. The highest BCUT2D eigenvalue weighted by molar-refractivity contribution is 5.89. The Morgan fingerprint density at radius 2 is 1.71 bits per heavy atom. The van der Waals surface area contributed by atoms with Gasteiger partial charge in [-0.05, 0) is 0 Å². The van der Waals surface area contributed by atoms with Crippen molar-refractivity contribution in [3.63, 3.8) is 0 Å². The van der Waals surface area contributed by atoms with Gasteiger partial charge in [0.2, 0.25) is 0 Å². The van der Waals surface area contributed by atoms with E-state index in [2.05, 4.69) is 9.47 Å². The number of esters is 1. The summed E-state index contributed by atoms with van der Waals surface area (Å²) in [7, 11) is 3.47. The highest BCUT2D eigenvalue weighted by Gasteiger charge is 2.23. The van der Waals surface area contributed by atoms with Crippen molar-refractivity contribution in [3.05, 3.63) is 11.8 Å². The minimum atomic E-state index is -2.41. The highest BCUT2D eigenvalue weighted by atomic mass is 19.3. The van der Waals surface area contributed by atoms with Crippen LogP contribution < -0.4 is 0 Å². The Morgan fingerprint density at radius 3 is 2.00 bits per heavy atom. The van der Waals surface area contributed by atoms with Crippen LogP contribution in [0.2, 0.25) is 0 Å². The van der Waals surface area contributed by atoms with Crippen molar-refractivity contribution in [2.24, 2.45) is 0 Å². The first-order valence-electron chi connectivity index (χ1n) is 3.42. The van der Waals surface area contributed by atoms with Gasteiger partial charge in [-0.1, -0.05) is 0 Å². The van der Waals surface area contributed by atoms with Gasteiger partial charge in [-0.2, -0.15) is 8.78 Å². The fourth-order valence-electron chi connectivity index (χ4n) is 0.429. The summed E-state index contributed by atoms with van der Waals surface area (Å²) >= 11 is 0. The van der Waals surface area contributed by atoms with E-state index >= 15 is 0 Å². The molecule has 0 heterocycles. The zero-order chi connectivity index (χ0) is 11.3. The number of halogens is 2. The van der Waals surface area contributed by atoms with Crippen LogP contribution in [0.3, 0.4) is 0 Å². The number of ether oxygens (including phenoxy) is 2. The number of nitrogens with zero attached hydrogens (tertiary/aromatic N) is 1. The van der Waals surface area contributed by atoms with E-state index in [-0.39, 0.29) is 0 Å². The lowest BCUT2D eigenvalue weighted by Gasteiger charge is -2.10. The van der Waals surface area contributed by atoms with E-state index in [1.807, 2.05) is 0 Å². The Bertz CT molecular complexity index is 271. The van der Waals surface area contributed by atoms with Crippen LogP contribution in [0.5, 0.6) is 0 Å². The molecular weight excluding hydrogens is 200 g/mol. The van der Waals surface area contributed by atoms with Crippen molar-refractivity contribution in [1.82, 2.24) is 4.90 Å². The second-order valence-corrected chi connectivity index (χ2v) is 2.34. The highest BCUT2D eigenvalue weighted by Crippen LogP contribution is 2.12. The monoisotopic (exact) mass is 209 g/mol. The molecule has 0 aliphatic heterocycles. The molecule has 1 amide bonds. The normalized spacial score (nSPS) is 8.93. The van der Waals surface area contributed by atoms with E-state index in [0.29, 0.717) is 0 Å². The quantitative estimate of drug-likeness (QED) is 0.386. The van der Waals surface area contributed by atoms with Crippen molar-refractivity contribution in [2.45, 2.75) is 0 Å². The maximum absolute atomic E-state index is 12.0. The number of carbonyl (C=O) groups is 2. The molecule has 0 aromatic heterocycles. The van der Waals surface area contributed by atoms with E-state index < -0.39 is 23.9 Å². The first-order chi connectivity index (χ1) is 6.40. The van der Waals surface area contributed by atoms with Gasteiger partial charge in [0.05, 0.1) is 7.11 Å². The first-order valence-corrected chi connectivity index (χ1v) is 3.42. The van der Waals surface area contributed by atoms with Crippen molar-refractivity contribution in [2.75, 3.05) is 21.2 Å². The summed E-state index contributed by atoms with van der Waals surface area (Å²) < 4.78 is 32.1. The fourth-order valence-corrected chi connectivity index (χ4v) is 0.429. The number of amides is 1. The Labute approximate surface area is 78.9 Å². The SMILES string of the molecule is COC(=O)C(OC(=O)N(C)C)=C(F)F. The lowest BCUT2D eigenvalue weighted by atomic mass is 10.5. The van der Waals surface area contributed by atoms with E-state index in [9.17, 15) is 18.4 Å². The minimum absolute atomic E-state index is 0.895. The molecular formula is C7H9F2NO4. The predicted octanol–water partition coefficient (Wildman–Crippen LogP) is 0.966. The zero-order valence-electron chi connectivity index (χ0n) is 7.84. The molecule has 7 heteroatoms. The maximum atomic E-state index is 12.0. The lowest BCUT2D eigenvalue weighted by Crippen LogP contribution is -2.25. The average Bonchev–Trinajstić information content (AvgIpc) is 2.11. The Kier molecular flexibility index (Phi) is 4.54. The number of carbonyl (C=O) groups excluding carboxylic acids is 2. The fraction of sp³-hybridized carbons (Fsp3) is 0.429. The third kappa shape index (κ3) is 3.38. The first kappa shape index (κ1) is 12.3. The van der Waals surface area contributed by atoms with E-state index in [1.54, 1.807) is 0 Å². The number of methoxy groups -OCH3 is 1. The molecule has 0 saturated carbocycles. The van der Waals surface area contributed by atoms with Crippen LogP contribution in [0.4, 0.5) is 13.6 Å². The molecule has 0 fully saturated rings. The van der Waals surface area contributed by atoms with Gasteiger partial charge in [-0.25, -0.2) is 9.59 Å². The van der Waals surface area contributed by atoms with Gasteiger partial charge in [0.25, 0.3) is 5.76 Å². The topological polar surface area (TPSA) is 55.8 Å². The van der Waals surface area contributed by atoms with E-state index in [4.69, 9.17) is 0 Å². The molecule has 0 radical (unpaired) electrons. The van der Waals surface area contributed by atoms with Crippen molar-refractivity contribution in [1.29, 1.82) is 0 Å². The molecule has 0 N–H and O–H groups in total. The second-order valence-electron chi connectivity index (χ2n) is 2.34. The largest absolute Gasteiger partial charge is 0.463 e. The van der Waals surface area contributed by atoms with Gasteiger partial charge in [0.1, 0.15) is 0 Å². The van der Waals surface area contributed by atoms with E-state index in [1.165, 1.54) is 14.1 Å². The number of hydrogen-bond donors (Lipinski definition) is 0. The number of rotatable bonds is 2. The van der Waals surface area contributed by atoms with Gasteiger partial charge in [-0.3, -0.25) is 0 Å². The Balaban J connectivity index is 4.66. The Hall–Kier alpha value is -1.66. The molecule has 0 spiro atoms. The maximum Gasteiger partial charge on any atom is 0.415 e. The molecule has 14 heavy (non-hydrogen) atoms. The van der Waals surface area contributed by atoms with Crippen LogP contribution in [-0.4, -0.2) is 38.2 Å². The summed E-state index contributed by atoms with van der Waals surface area (Å²) in [5, 5.41) is 0. The number of hydrogen-bond acceptors (Lipinski definition) is 4. The standard InChI is InChI=1S/C7H9F2NO4/c1-10(2)7(12)14-4(5(8)9)6(11)13-3/h1-3H3. The van der Waals surface area contributed by atoms with E-state index in [0.717, 1.165) is 12.0 Å². The van der Waals surface area contributed by atoms with Crippen LogP contribution in [0.15, 0.2) is 11.8 Å². The smallest absolute Gasteiger partial charge is 0.415 e. The lowest BCUT2D eigenvalue weighted by molar-refractivity contribution is -0.139. The summed E-state index contributed by atoms with van der Waals surface area (Å²) in [5.41, 5.74) is 0. The predicted molar refractivity (Wildman–Crippen MR) is 41.4 cm³/mol. The van der Waals surface area contributed by atoms with Crippen molar-refractivity contribution >= 4 is 12.1 Å². The molecule has 0 aromatic rings. The molecule has 0 atom stereocenters. The molecule has 0 unspecified atom stereocenters. The third-order valence-electron chi connectivity index (χ3n) is 1.10. The summed E-state index contributed by atoms with van der Waals surface area (Å²) in [6.45, 7) is 0. The van der Waals surface area contributed by atoms with Crippen molar-refractivity contribution in [3.8, 4) is 0 Å².